The molecule has 0 fully saturated rings. The van der Waals surface area contributed by atoms with Crippen LogP contribution in [0.4, 0.5) is 0 Å². The standard InChI is InChI=1S/C6H12B2O4/c1-5(11-7-9)4-6(2,3)12-8-10/h5H,4H2,1-3H3. The molecule has 4 nitrogen and oxygen atoms in total. The predicted octanol–water partition coefficient (Wildman–Crippen LogP) is 0.506. The Morgan fingerprint density at radius 1 is 1.33 bits per heavy atom. The van der Waals surface area contributed by atoms with Crippen LogP contribution >= 0.6 is 0 Å². The quantitative estimate of drug-likeness (QED) is 0.544. The molecule has 0 heterocycles. The Morgan fingerprint density at radius 2 is 1.92 bits per heavy atom. The molecule has 0 saturated heterocycles. The Labute approximate surface area is 73.2 Å². The van der Waals surface area contributed by atoms with Crippen LogP contribution in [0.5, 0.6) is 0 Å². The van der Waals surface area contributed by atoms with Crippen LogP contribution in [0.2, 0.25) is 0 Å². The monoisotopic (exact) mass is 170 g/mol. The molecule has 0 aliphatic carbocycles. The summed E-state index contributed by atoms with van der Waals surface area (Å²) in [5.41, 5.74) is -0.579. The van der Waals surface area contributed by atoms with Crippen LogP contribution in [-0.2, 0) is 18.7 Å². The molecule has 0 amide bonds. The van der Waals surface area contributed by atoms with Gasteiger partial charge in [-0.2, -0.15) is 0 Å². The van der Waals surface area contributed by atoms with E-state index in [-0.39, 0.29) is 6.10 Å². The fourth-order valence-electron chi connectivity index (χ4n) is 1.01. The number of hydrogen-bond acceptors (Lipinski definition) is 4. The molecule has 66 valence electrons. The Morgan fingerprint density at radius 3 is 2.33 bits per heavy atom. The third kappa shape index (κ3) is 5.04. The van der Waals surface area contributed by atoms with E-state index in [0.717, 1.165) is 0 Å². The summed E-state index contributed by atoms with van der Waals surface area (Å²) in [5, 5.41) is 0. The molecule has 0 aliphatic rings. The molecule has 0 spiro atoms. The molecule has 0 bridgehead atoms. The summed E-state index contributed by atoms with van der Waals surface area (Å²) in [6, 6.07) is 0. The van der Waals surface area contributed by atoms with Crippen molar-refractivity contribution in [1.29, 1.82) is 0 Å². The van der Waals surface area contributed by atoms with Crippen LogP contribution in [0.25, 0.3) is 0 Å². The van der Waals surface area contributed by atoms with E-state index in [9.17, 15) is 9.41 Å². The van der Waals surface area contributed by atoms with Gasteiger partial charge in [0.1, 0.15) is 0 Å². The number of rotatable bonds is 6. The van der Waals surface area contributed by atoms with Crippen LogP contribution in [0.1, 0.15) is 27.2 Å². The van der Waals surface area contributed by atoms with Crippen molar-refractivity contribution in [1.82, 2.24) is 0 Å². The first-order valence-electron chi connectivity index (χ1n) is 3.72. The van der Waals surface area contributed by atoms with Gasteiger partial charge in [0.25, 0.3) is 0 Å². The van der Waals surface area contributed by atoms with Gasteiger partial charge in [0.2, 0.25) is 0 Å². The Balaban J connectivity index is 3.85. The minimum absolute atomic E-state index is 0.238. The van der Waals surface area contributed by atoms with E-state index < -0.39 is 5.60 Å². The summed E-state index contributed by atoms with van der Waals surface area (Å²) in [4.78, 5) is 0. The van der Waals surface area contributed by atoms with Crippen LogP contribution in [0.3, 0.4) is 0 Å². The molecule has 0 aliphatic heterocycles. The molecule has 6 heteroatoms. The summed E-state index contributed by atoms with van der Waals surface area (Å²) in [6.45, 7) is 5.25. The van der Waals surface area contributed by atoms with Gasteiger partial charge in [-0.05, 0) is 0 Å². The normalized spacial score (nSPS) is 12.6. The fourth-order valence-corrected chi connectivity index (χ4v) is 1.01. The van der Waals surface area contributed by atoms with Gasteiger partial charge in [-0.15, -0.1) is 0 Å². The summed E-state index contributed by atoms with van der Waals surface area (Å²) in [7, 11) is 0.787. The van der Waals surface area contributed by atoms with Crippen molar-refractivity contribution in [3.63, 3.8) is 0 Å². The zero-order chi connectivity index (χ0) is 9.61. The van der Waals surface area contributed by atoms with Crippen LogP contribution < -0.4 is 0 Å². The molecule has 1 atom stereocenters. The molecule has 0 saturated carbocycles. The maximum absolute atomic E-state index is 10.0. The third-order valence-electron chi connectivity index (χ3n) is 1.43. The Hall–Kier alpha value is -0.670. The molecular formula is C6H12B2O4. The molecule has 0 aromatic carbocycles. The van der Waals surface area contributed by atoms with Gasteiger partial charge in [-0.1, -0.05) is 0 Å². The molecule has 0 radical (unpaired) electrons. The zero-order valence-electron chi connectivity index (χ0n) is 7.57. The van der Waals surface area contributed by atoms with Gasteiger partial charge in [0.05, 0.1) is 0 Å². The van der Waals surface area contributed by atoms with E-state index in [1.54, 1.807) is 20.8 Å². The average molecular weight is 170 g/mol. The van der Waals surface area contributed by atoms with E-state index in [1.807, 2.05) is 0 Å². The van der Waals surface area contributed by atoms with Gasteiger partial charge in [-0.25, -0.2) is 0 Å². The van der Waals surface area contributed by atoms with Gasteiger partial charge >= 0.3 is 72.3 Å². The molecule has 12 heavy (non-hydrogen) atoms. The second-order valence-corrected chi connectivity index (χ2v) is 3.22. The average Bonchev–Trinajstić information content (AvgIpc) is 1.85. The van der Waals surface area contributed by atoms with Crippen LogP contribution in [0, 0.1) is 0 Å². The van der Waals surface area contributed by atoms with Gasteiger partial charge in [0.15, 0.2) is 0 Å². The van der Waals surface area contributed by atoms with Crippen molar-refractivity contribution in [3.8, 4) is 0 Å². The van der Waals surface area contributed by atoms with E-state index >= 15 is 0 Å². The topological polar surface area (TPSA) is 52.6 Å². The van der Waals surface area contributed by atoms with Crippen molar-refractivity contribution in [2.45, 2.75) is 38.9 Å². The van der Waals surface area contributed by atoms with Crippen molar-refractivity contribution in [2.75, 3.05) is 0 Å². The Kier molecular flexibility index (Phi) is 4.78. The third-order valence-corrected chi connectivity index (χ3v) is 1.43. The molecule has 0 N–H and O–H groups in total. The van der Waals surface area contributed by atoms with Crippen molar-refractivity contribution in [3.05, 3.63) is 0 Å². The molecule has 0 rings (SSSR count). The van der Waals surface area contributed by atoms with E-state index in [0.29, 0.717) is 21.1 Å². The SMILES string of the molecule is CC(CC(C)(C)OB=O)OB=O. The summed E-state index contributed by atoms with van der Waals surface area (Å²) >= 11 is 0. The zero-order valence-corrected chi connectivity index (χ0v) is 7.57. The molecule has 0 aromatic heterocycles. The molecule has 0 aromatic rings. The molecular weight excluding hydrogens is 158 g/mol. The van der Waals surface area contributed by atoms with Crippen LogP contribution in [0.15, 0.2) is 0 Å². The van der Waals surface area contributed by atoms with Gasteiger partial charge < -0.3 is 0 Å². The van der Waals surface area contributed by atoms with Gasteiger partial charge in [-0.3, -0.25) is 0 Å². The van der Waals surface area contributed by atoms with Crippen molar-refractivity contribution >= 4 is 14.7 Å². The Bertz CT molecular complexity index is 160. The summed E-state index contributed by atoms with van der Waals surface area (Å²) < 4.78 is 29.4. The summed E-state index contributed by atoms with van der Waals surface area (Å²) in [6.07, 6.45) is 0.252. The second-order valence-electron chi connectivity index (χ2n) is 3.22. The van der Waals surface area contributed by atoms with Crippen molar-refractivity contribution in [2.24, 2.45) is 0 Å². The molecule has 1 unspecified atom stereocenters. The fraction of sp³-hybridized carbons (Fsp3) is 1.00. The predicted molar refractivity (Wildman–Crippen MR) is 43.2 cm³/mol. The van der Waals surface area contributed by atoms with E-state index in [4.69, 9.17) is 4.65 Å². The minimum atomic E-state index is -0.579. The second kappa shape index (κ2) is 5.06. The summed E-state index contributed by atoms with van der Waals surface area (Å²) in [5.74, 6) is 0. The van der Waals surface area contributed by atoms with E-state index in [1.165, 1.54) is 0 Å². The first kappa shape index (κ1) is 11.3. The first-order valence-corrected chi connectivity index (χ1v) is 3.72. The number of hydrogen-bond donors (Lipinski definition) is 0. The van der Waals surface area contributed by atoms with Crippen LogP contribution in [-0.4, -0.2) is 26.4 Å². The maximum atomic E-state index is 10.0. The van der Waals surface area contributed by atoms with Crippen molar-refractivity contribution < 1.29 is 18.7 Å². The first-order chi connectivity index (χ1) is 5.52. The van der Waals surface area contributed by atoms with E-state index in [2.05, 4.69) is 4.65 Å². The van der Waals surface area contributed by atoms with Gasteiger partial charge in [0, 0.05) is 0 Å².